The van der Waals surface area contributed by atoms with Gasteiger partial charge in [0, 0.05) is 27.3 Å². The van der Waals surface area contributed by atoms with Crippen LogP contribution in [-0.2, 0) is 4.79 Å². The van der Waals surface area contributed by atoms with E-state index in [0.717, 1.165) is 4.90 Å². The molecule has 39 heavy (non-hydrogen) atoms. The normalized spacial score (nSPS) is 11.6. The van der Waals surface area contributed by atoms with Crippen molar-refractivity contribution in [3.8, 4) is 23.0 Å². The summed E-state index contributed by atoms with van der Waals surface area (Å²) in [5.74, 6) is 0.491. The van der Waals surface area contributed by atoms with Crippen LogP contribution in [-0.4, -0.2) is 12.0 Å². The average Bonchev–Trinajstić information content (AvgIpc) is 2.91. The third-order valence-corrected chi connectivity index (χ3v) is 7.54. The van der Waals surface area contributed by atoms with E-state index in [4.69, 9.17) is 15.2 Å². The van der Waals surface area contributed by atoms with E-state index in [9.17, 15) is 18.0 Å². The number of benzene rings is 4. The highest BCUT2D eigenvalue weighted by molar-refractivity contribution is 8.76. The first kappa shape index (κ1) is 28.0. The van der Waals surface area contributed by atoms with Gasteiger partial charge in [-0.3, -0.25) is 4.79 Å². The Hall–Kier alpha value is -4.02. The lowest BCUT2D eigenvalue weighted by molar-refractivity contribution is -0.165. The third-order valence-electron chi connectivity index (χ3n) is 5.08. The maximum Gasteiger partial charge on any atom is 0.454 e. The Kier molecular flexibility index (Phi) is 9.11. The molecule has 4 aromatic rings. The Balaban J connectivity index is 1.58. The average molecular weight is 569 g/mol. The molecule has 0 aliphatic carbocycles. The number of nitrogen functional groups attached to an aromatic ring is 1. The minimum absolute atomic E-state index is 0.0404. The standard InChI is InChI=1S/C29H23F3N2O3S2/c1-19(16-28(35)29(30,31)32)34-25-15-13-23(37-21-10-6-3-7-11-21)18-27(25)39-38-26-17-22(12-14-24(26)33)36-20-8-4-2-5-9-20/h2-18,34H,33H2,1H3/b19-16+. The Bertz CT molecular complexity index is 1460. The monoisotopic (exact) mass is 568 g/mol. The van der Waals surface area contributed by atoms with Crippen LogP contribution >= 0.6 is 21.6 Å². The molecule has 0 spiro atoms. The molecule has 3 N–H and O–H groups in total. The zero-order chi connectivity index (χ0) is 27.8. The summed E-state index contributed by atoms with van der Waals surface area (Å²) in [6.45, 7) is 1.39. The second kappa shape index (κ2) is 12.7. The number of nitrogens with two attached hydrogens (primary N) is 1. The molecule has 0 bridgehead atoms. The topological polar surface area (TPSA) is 73.6 Å². The number of ether oxygens (including phenoxy) is 2. The lowest BCUT2D eigenvalue weighted by atomic mass is 10.2. The van der Waals surface area contributed by atoms with Gasteiger partial charge in [0.2, 0.25) is 0 Å². The second-order valence-electron chi connectivity index (χ2n) is 8.17. The van der Waals surface area contributed by atoms with Crippen molar-refractivity contribution < 1.29 is 27.4 Å². The fourth-order valence-corrected chi connectivity index (χ4v) is 5.52. The van der Waals surface area contributed by atoms with Gasteiger partial charge in [-0.25, -0.2) is 0 Å². The molecule has 200 valence electrons. The zero-order valence-electron chi connectivity index (χ0n) is 20.6. The number of para-hydroxylation sites is 2. The number of anilines is 2. The molecule has 0 fully saturated rings. The molecule has 5 nitrogen and oxygen atoms in total. The highest BCUT2D eigenvalue weighted by Crippen LogP contribution is 2.46. The number of rotatable bonds is 10. The molecule has 0 unspecified atom stereocenters. The summed E-state index contributed by atoms with van der Waals surface area (Å²) in [5, 5.41) is 2.89. The molecule has 0 atom stereocenters. The quantitative estimate of drug-likeness (QED) is 0.112. The van der Waals surface area contributed by atoms with Crippen molar-refractivity contribution in [1.82, 2.24) is 0 Å². The molecule has 0 amide bonds. The van der Waals surface area contributed by atoms with Crippen LogP contribution in [0.25, 0.3) is 0 Å². The van der Waals surface area contributed by atoms with E-state index in [0.29, 0.717) is 45.3 Å². The fourth-order valence-electron chi connectivity index (χ4n) is 3.25. The van der Waals surface area contributed by atoms with Gasteiger partial charge in [-0.15, -0.1) is 0 Å². The van der Waals surface area contributed by atoms with Crippen LogP contribution in [0, 0.1) is 0 Å². The lowest BCUT2D eigenvalue weighted by Gasteiger charge is -2.15. The summed E-state index contributed by atoms with van der Waals surface area (Å²) in [6.07, 6.45) is -4.42. The van der Waals surface area contributed by atoms with Crippen LogP contribution in [0.1, 0.15) is 6.92 Å². The SMILES string of the molecule is C/C(=C\C(=O)C(F)(F)F)Nc1ccc(Oc2ccccc2)cc1SSc1cc(Oc2ccccc2)ccc1N. The maximum atomic E-state index is 12.7. The Morgan fingerprint density at radius 1 is 0.769 bits per heavy atom. The summed E-state index contributed by atoms with van der Waals surface area (Å²) >= 11 is 0. The van der Waals surface area contributed by atoms with Crippen LogP contribution < -0.4 is 20.5 Å². The smallest absolute Gasteiger partial charge is 0.454 e. The largest absolute Gasteiger partial charge is 0.457 e. The number of carbonyl (C=O) groups is 1. The van der Waals surface area contributed by atoms with Crippen molar-refractivity contribution in [2.75, 3.05) is 11.1 Å². The van der Waals surface area contributed by atoms with Gasteiger partial charge in [-0.1, -0.05) is 58.0 Å². The van der Waals surface area contributed by atoms with Crippen molar-refractivity contribution in [3.05, 3.63) is 109 Å². The second-order valence-corrected chi connectivity index (χ2v) is 10.4. The molecule has 0 aliphatic heterocycles. The van der Waals surface area contributed by atoms with Crippen LogP contribution in [0.3, 0.4) is 0 Å². The Morgan fingerprint density at radius 2 is 1.28 bits per heavy atom. The summed E-state index contributed by atoms with van der Waals surface area (Å²) in [4.78, 5) is 12.8. The summed E-state index contributed by atoms with van der Waals surface area (Å²) < 4.78 is 50.1. The van der Waals surface area contributed by atoms with Crippen molar-refractivity contribution in [2.24, 2.45) is 0 Å². The molecule has 10 heteroatoms. The van der Waals surface area contributed by atoms with Gasteiger partial charge in [0.15, 0.2) is 0 Å². The molecule has 0 radical (unpaired) electrons. The van der Waals surface area contributed by atoms with E-state index in [1.807, 2.05) is 66.7 Å². The maximum absolute atomic E-state index is 12.7. The van der Waals surface area contributed by atoms with Gasteiger partial charge in [-0.2, -0.15) is 13.2 Å². The predicted molar refractivity (Wildman–Crippen MR) is 150 cm³/mol. The van der Waals surface area contributed by atoms with Gasteiger partial charge < -0.3 is 20.5 Å². The van der Waals surface area contributed by atoms with Gasteiger partial charge in [-0.05, 0) is 67.6 Å². The molecule has 4 rings (SSSR count). The highest BCUT2D eigenvalue weighted by Gasteiger charge is 2.36. The van der Waals surface area contributed by atoms with Gasteiger partial charge >= 0.3 is 6.18 Å². The van der Waals surface area contributed by atoms with Crippen molar-refractivity contribution in [1.29, 1.82) is 0 Å². The molecule has 0 aromatic heterocycles. The molecular formula is C29H23F3N2O3S2. The lowest BCUT2D eigenvalue weighted by Crippen LogP contribution is -2.21. The number of allylic oxidation sites excluding steroid dienone is 2. The first-order valence-corrected chi connectivity index (χ1v) is 13.7. The molecule has 0 saturated heterocycles. The van der Waals surface area contributed by atoms with E-state index in [-0.39, 0.29) is 5.70 Å². The predicted octanol–water partition coefficient (Wildman–Crippen LogP) is 9.10. The summed E-state index contributed by atoms with van der Waals surface area (Å²) in [5.41, 5.74) is 7.28. The number of alkyl halides is 3. The minimum atomic E-state index is -4.95. The van der Waals surface area contributed by atoms with Crippen LogP contribution in [0.2, 0.25) is 0 Å². The fraction of sp³-hybridized carbons (Fsp3) is 0.0690. The Morgan fingerprint density at radius 3 is 1.85 bits per heavy atom. The highest BCUT2D eigenvalue weighted by atomic mass is 33.1. The number of halogens is 3. The van der Waals surface area contributed by atoms with E-state index >= 15 is 0 Å². The third kappa shape index (κ3) is 8.23. The number of carbonyl (C=O) groups excluding carboxylic acids is 1. The Labute approximate surface area is 231 Å². The van der Waals surface area contributed by atoms with E-state index < -0.39 is 12.0 Å². The van der Waals surface area contributed by atoms with Crippen molar-refractivity contribution in [2.45, 2.75) is 22.9 Å². The number of ketones is 1. The summed E-state index contributed by atoms with van der Waals surface area (Å²) in [6, 6.07) is 28.9. The van der Waals surface area contributed by atoms with Crippen LogP contribution in [0.5, 0.6) is 23.0 Å². The molecule has 0 saturated carbocycles. The van der Waals surface area contributed by atoms with Crippen LogP contribution in [0.4, 0.5) is 24.5 Å². The van der Waals surface area contributed by atoms with E-state index in [2.05, 4.69) is 5.32 Å². The molecule has 4 aromatic carbocycles. The first-order valence-electron chi connectivity index (χ1n) is 11.6. The molecule has 0 heterocycles. The van der Waals surface area contributed by atoms with Crippen molar-refractivity contribution in [3.63, 3.8) is 0 Å². The number of hydrogen-bond donors (Lipinski definition) is 2. The van der Waals surface area contributed by atoms with Crippen LogP contribution in [0.15, 0.2) is 119 Å². The van der Waals surface area contributed by atoms with E-state index in [1.165, 1.54) is 28.5 Å². The number of hydrogen-bond acceptors (Lipinski definition) is 7. The van der Waals surface area contributed by atoms with Crippen molar-refractivity contribution >= 4 is 38.7 Å². The summed E-state index contributed by atoms with van der Waals surface area (Å²) in [7, 11) is 2.67. The molecular weight excluding hydrogens is 545 g/mol. The first-order chi connectivity index (χ1) is 18.7. The molecule has 0 aliphatic rings. The van der Waals surface area contributed by atoms with Gasteiger partial charge in [0.1, 0.15) is 23.0 Å². The van der Waals surface area contributed by atoms with E-state index in [1.54, 1.807) is 30.3 Å². The van der Waals surface area contributed by atoms with Gasteiger partial charge in [0.05, 0.1) is 5.69 Å². The number of nitrogens with one attached hydrogen (secondary N) is 1. The van der Waals surface area contributed by atoms with Gasteiger partial charge in [0.25, 0.3) is 5.78 Å². The minimum Gasteiger partial charge on any atom is -0.457 e. The zero-order valence-corrected chi connectivity index (χ0v) is 22.2.